The van der Waals surface area contributed by atoms with E-state index >= 15 is 0 Å². The SMILES string of the molecule is COc1ccc(Cl)cc1NC(=O)[C@@H](C)N1CCN(S(=O)(=O)c2ccc3ccccc3c2)CC1. The van der Waals surface area contributed by atoms with Crippen molar-refractivity contribution in [3.8, 4) is 5.75 Å². The Morgan fingerprint density at radius 2 is 1.70 bits per heavy atom. The predicted octanol–water partition coefficient (Wildman–Crippen LogP) is 3.84. The number of carbonyl (C=O) groups is 1. The molecule has 0 radical (unpaired) electrons. The van der Waals surface area contributed by atoms with Crippen LogP contribution < -0.4 is 10.1 Å². The van der Waals surface area contributed by atoms with Gasteiger partial charge in [-0.05, 0) is 48.0 Å². The van der Waals surface area contributed by atoms with Crippen LogP contribution in [0.3, 0.4) is 0 Å². The third kappa shape index (κ3) is 4.99. The Bertz CT molecular complexity index is 1270. The Kier molecular flexibility index (Phi) is 6.90. The van der Waals surface area contributed by atoms with Crippen LogP contribution in [0.5, 0.6) is 5.75 Å². The van der Waals surface area contributed by atoms with Gasteiger partial charge in [-0.25, -0.2) is 8.42 Å². The summed E-state index contributed by atoms with van der Waals surface area (Å²) in [6.07, 6.45) is 0. The van der Waals surface area contributed by atoms with E-state index in [0.717, 1.165) is 10.8 Å². The van der Waals surface area contributed by atoms with Gasteiger partial charge in [0.25, 0.3) is 0 Å². The molecule has 1 amide bonds. The summed E-state index contributed by atoms with van der Waals surface area (Å²) >= 11 is 6.05. The number of amides is 1. The maximum Gasteiger partial charge on any atom is 0.243 e. The highest BCUT2D eigenvalue weighted by atomic mass is 35.5. The van der Waals surface area contributed by atoms with Gasteiger partial charge in [-0.1, -0.05) is 41.9 Å². The molecule has 0 aliphatic carbocycles. The van der Waals surface area contributed by atoms with Crippen LogP contribution in [0.15, 0.2) is 65.6 Å². The molecule has 0 bridgehead atoms. The quantitative estimate of drug-likeness (QED) is 0.571. The molecule has 0 aromatic heterocycles. The Morgan fingerprint density at radius 3 is 2.39 bits per heavy atom. The van der Waals surface area contributed by atoms with Crippen LogP contribution in [0.1, 0.15) is 6.92 Å². The fourth-order valence-corrected chi connectivity index (χ4v) is 5.62. The average Bonchev–Trinajstić information content (AvgIpc) is 2.83. The number of ether oxygens (including phenoxy) is 1. The molecule has 1 N–H and O–H groups in total. The van der Waals surface area contributed by atoms with Crippen LogP contribution in [0.2, 0.25) is 5.02 Å². The number of nitrogens with zero attached hydrogens (tertiary/aromatic N) is 2. The van der Waals surface area contributed by atoms with E-state index in [9.17, 15) is 13.2 Å². The minimum Gasteiger partial charge on any atom is -0.495 e. The summed E-state index contributed by atoms with van der Waals surface area (Å²) in [5.41, 5.74) is 0.499. The van der Waals surface area contributed by atoms with E-state index in [-0.39, 0.29) is 10.8 Å². The zero-order chi connectivity index (χ0) is 23.6. The van der Waals surface area contributed by atoms with Gasteiger partial charge in [0.1, 0.15) is 5.75 Å². The molecular formula is C24H26ClN3O4S. The lowest BCUT2D eigenvalue weighted by Crippen LogP contribution is -2.53. The van der Waals surface area contributed by atoms with Crippen molar-refractivity contribution in [2.75, 3.05) is 38.6 Å². The van der Waals surface area contributed by atoms with Crippen molar-refractivity contribution < 1.29 is 17.9 Å². The van der Waals surface area contributed by atoms with Gasteiger partial charge < -0.3 is 10.1 Å². The van der Waals surface area contributed by atoms with Gasteiger partial charge >= 0.3 is 0 Å². The number of hydrogen-bond acceptors (Lipinski definition) is 5. The number of hydrogen-bond donors (Lipinski definition) is 1. The maximum absolute atomic E-state index is 13.2. The molecule has 1 saturated heterocycles. The molecule has 9 heteroatoms. The monoisotopic (exact) mass is 487 g/mol. The topological polar surface area (TPSA) is 79.0 Å². The van der Waals surface area contributed by atoms with E-state index in [4.69, 9.17) is 16.3 Å². The largest absolute Gasteiger partial charge is 0.495 e. The lowest BCUT2D eigenvalue weighted by molar-refractivity contribution is -0.121. The van der Waals surface area contributed by atoms with E-state index in [1.54, 1.807) is 37.3 Å². The first-order valence-corrected chi connectivity index (χ1v) is 12.5. The smallest absolute Gasteiger partial charge is 0.243 e. The van der Waals surface area contributed by atoms with Crippen molar-refractivity contribution in [1.29, 1.82) is 0 Å². The van der Waals surface area contributed by atoms with Gasteiger partial charge in [-0.2, -0.15) is 4.31 Å². The summed E-state index contributed by atoms with van der Waals surface area (Å²) in [5, 5.41) is 5.24. The van der Waals surface area contributed by atoms with Gasteiger partial charge in [0.15, 0.2) is 0 Å². The van der Waals surface area contributed by atoms with Crippen LogP contribution >= 0.6 is 11.6 Å². The van der Waals surface area contributed by atoms with Crippen molar-refractivity contribution in [3.05, 3.63) is 65.7 Å². The fourth-order valence-electron chi connectivity index (χ4n) is 3.99. The summed E-state index contributed by atoms with van der Waals surface area (Å²) in [6, 6.07) is 17.4. The number of benzene rings is 3. The lowest BCUT2D eigenvalue weighted by Gasteiger charge is -2.36. The number of methoxy groups -OCH3 is 1. The second-order valence-corrected chi connectivity index (χ2v) is 10.3. The minimum absolute atomic E-state index is 0.207. The number of piperazine rings is 1. The van der Waals surface area contributed by atoms with Gasteiger partial charge in [0.2, 0.25) is 15.9 Å². The van der Waals surface area contributed by atoms with Crippen LogP contribution in [0.25, 0.3) is 10.8 Å². The van der Waals surface area contributed by atoms with Crippen LogP contribution in [-0.2, 0) is 14.8 Å². The molecule has 1 aliphatic heterocycles. The second kappa shape index (κ2) is 9.69. The summed E-state index contributed by atoms with van der Waals surface area (Å²) < 4.78 is 33.1. The number of anilines is 1. The number of carbonyl (C=O) groups excluding carboxylic acids is 1. The number of nitrogens with one attached hydrogen (secondary N) is 1. The zero-order valence-corrected chi connectivity index (χ0v) is 20.1. The molecule has 1 heterocycles. The van der Waals surface area contributed by atoms with Crippen molar-refractivity contribution in [3.63, 3.8) is 0 Å². The van der Waals surface area contributed by atoms with Gasteiger partial charge in [-0.3, -0.25) is 9.69 Å². The van der Waals surface area contributed by atoms with E-state index in [0.29, 0.717) is 42.6 Å². The van der Waals surface area contributed by atoms with Crippen molar-refractivity contribution in [2.24, 2.45) is 0 Å². The van der Waals surface area contributed by atoms with Crippen molar-refractivity contribution in [2.45, 2.75) is 17.9 Å². The normalized spacial score (nSPS) is 16.5. The molecule has 1 atom stereocenters. The molecule has 3 aromatic carbocycles. The maximum atomic E-state index is 13.2. The third-order valence-corrected chi connectivity index (χ3v) is 8.11. The number of fused-ring (bicyclic) bond motifs is 1. The number of sulfonamides is 1. The van der Waals surface area contributed by atoms with E-state index in [1.165, 1.54) is 11.4 Å². The van der Waals surface area contributed by atoms with Crippen LogP contribution in [-0.4, -0.2) is 62.9 Å². The number of halogens is 1. The van der Waals surface area contributed by atoms with Crippen molar-refractivity contribution in [1.82, 2.24) is 9.21 Å². The molecule has 0 saturated carbocycles. The highest BCUT2D eigenvalue weighted by Crippen LogP contribution is 2.28. The van der Waals surface area contributed by atoms with E-state index < -0.39 is 16.1 Å². The van der Waals surface area contributed by atoms with Crippen LogP contribution in [0, 0.1) is 0 Å². The van der Waals surface area contributed by atoms with Crippen molar-refractivity contribution >= 4 is 44.0 Å². The lowest BCUT2D eigenvalue weighted by atomic mass is 10.1. The Balaban J connectivity index is 1.41. The summed E-state index contributed by atoms with van der Waals surface area (Å²) in [7, 11) is -2.08. The van der Waals surface area contributed by atoms with Gasteiger partial charge in [0.05, 0.1) is 23.7 Å². The molecule has 4 rings (SSSR count). The minimum atomic E-state index is -3.61. The molecule has 0 unspecified atom stereocenters. The zero-order valence-electron chi connectivity index (χ0n) is 18.5. The first kappa shape index (κ1) is 23.5. The molecule has 7 nitrogen and oxygen atoms in total. The summed E-state index contributed by atoms with van der Waals surface area (Å²) in [4.78, 5) is 15.1. The first-order valence-electron chi connectivity index (χ1n) is 10.7. The fraction of sp³-hybridized carbons (Fsp3) is 0.292. The molecular weight excluding hydrogens is 462 g/mol. The standard InChI is InChI=1S/C24H26ClN3O4S/c1-17(24(29)26-22-16-20(25)8-10-23(22)32-2)27-11-13-28(14-12-27)33(30,31)21-9-7-18-5-3-4-6-19(18)15-21/h3-10,15-17H,11-14H2,1-2H3,(H,26,29)/t17-/m1/s1. The molecule has 1 fully saturated rings. The Hall–Kier alpha value is -2.65. The summed E-state index contributed by atoms with van der Waals surface area (Å²) in [5.74, 6) is 0.313. The molecule has 1 aliphatic rings. The highest BCUT2D eigenvalue weighted by molar-refractivity contribution is 7.89. The third-order valence-electron chi connectivity index (χ3n) is 5.98. The first-order chi connectivity index (χ1) is 15.8. The second-order valence-electron chi connectivity index (χ2n) is 7.96. The van der Waals surface area contributed by atoms with Gasteiger partial charge in [-0.15, -0.1) is 0 Å². The van der Waals surface area contributed by atoms with E-state index in [2.05, 4.69) is 5.32 Å². The molecule has 0 spiro atoms. The average molecular weight is 488 g/mol. The molecule has 3 aromatic rings. The Labute approximate surface area is 198 Å². The summed E-state index contributed by atoms with van der Waals surface area (Å²) in [6.45, 7) is 3.34. The Morgan fingerprint density at radius 1 is 1.00 bits per heavy atom. The van der Waals surface area contributed by atoms with Gasteiger partial charge in [0, 0.05) is 31.2 Å². The predicted molar refractivity (Wildman–Crippen MR) is 130 cm³/mol. The highest BCUT2D eigenvalue weighted by Gasteiger charge is 2.32. The molecule has 174 valence electrons. The molecule has 33 heavy (non-hydrogen) atoms. The van der Waals surface area contributed by atoms with E-state index in [1.807, 2.05) is 35.2 Å². The number of rotatable bonds is 6. The van der Waals surface area contributed by atoms with Crippen LogP contribution in [0.4, 0.5) is 5.69 Å².